The molecule has 4 atom stereocenters. The summed E-state index contributed by atoms with van der Waals surface area (Å²) in [6.07, 6.45) is 8.44. The average molecular weight is 642 g/mol. The molecule has 6 fully saturated rings. The maximum absolute atomic E-state index is 14.6. The zero-order valence-electron chi connectivity index (χ0n) is 28.0. The van der Waals surface area contributed by atoms with E-state index in [1.54, 1.807) is 4.90 Å². The van der Waals surface area contributed by atoms with Gasteiger partial charge in [0.25, 0.3) is 5.91 Å². The van der Waals surface area contributed by atoms with Gasteiger partial charge in [-0.15, -0.1) is 0 Å². The van der Waals surface area contributed by atoms with E-state index in [4.69, 9.17) is 10.5 Å². The highest BCUT2D eigenvalue weighted by Crippen LogP contribution is 2.88. The van der Waals surface area contributed by atoms with Crippen LogP contribution in [0, 0.1) is 33.5 Å². The molecule has 0 aromatic heterocycles. The molecule has 5 amide bonds. The predicted octanol–water partition coefficient (Wildman–Crippen LogP) is 1.98. The number of carbonyl (C=O) groups excluding carboxylic acids is 6. The molecule has 46 heavy (non-hydrogen) atoms. The van der Waals surface area contributed by atoms with Crippen molar-refractivity contribution in [2.24, 2.45) is 39.2 Å². The summed E-state index contributed by atoms with van der Waals surface area (Å²) in [4.78, 5) is 81.6. The first-order chi connectivity index (χ1) is 21.5. The largest absolute Gasteiger partial charge is 0.375 e. The molecule has 2 saturated heterocycles. The predicted molar refractivity (Wildman–Crippen MR) is 167 cm³/mol. The molecular weight excluding hydrogens is 590 g/mol. The topological polar surface area (TPSA) is 177 Å². The Labute approximate surface area is 271 Å². The summed E-state index contributed by atoms with van der Waals surface area (Å²) in [7, 11) is 0. The molecule has 2 spiro atoms. The Morgan fingerprint density at radius 3 is 2.02 bits per heavy atom. The van der Waals surface area contributed by atoms with Crippen molar-refractivity contribution >= 4 is 35.3 Å². The number of nitrogens with two attached hydrogens (primary N) is 1. The summed E-state index contributed by atoms with van der Waals surface area (Å²) < 4.78 is 5.33. The summed E-state index contributed by atoms with van der Waals surface area (Å²) in [6, 6.07) is -3.56. The number of rotatable bonds is 11. The number of primary amides is 1. The van der Waals surface area contributed by atoms with Crippen LogP contribution in [0.25, 0.3) is 0 Å². The first kappa shape index (κ1) is 32.9. The smallest absolute Gasteiger partial charge is 0.316 e. The zero-order chi connectivity index (χ0) is 33.4. The minimum Gasteiger partial charge on any atom is -0.375 e. The molecular formula is C34H51N5O7. The van der Waals surface area contributed by atoms with Crippen molar-refractivity contribution in [3.05, 3.63) is 0 Å². The van der Waals surface area contributed by atoms with E-state index in [1.807, 2.05) is 20.8 Å². The van der Waals surface area contributed by atoms with Crippen molar-refractivity contribution in [3.8, 4) is 0 Å². The summed E-state index contributed by atoms with van der Waals surface area (Å²) in [6.45, 7) is 10.6. The van der Waals surface area contributed by atoms with Crippen LogP contribution in [-0.4, -0.2) is 83.6 Å². The van der Waals surface area contributed by atoms with Gasteiger partial charge in [0.1, 0.15) is 17.6 Å². The Hall–Kier alpha value is -3.02. The molecule has 6 rings (SSSR count). The van der Waals surface area contributed by atoms with E-state index in [0.717, 1.165) is 51.4 Å². The van der Waals surface area contributed by atoms with Gasteiger partial charge in [-0.25, -0.2) is 4.79 Å². The molecule has 0 aromatic carbocycles. The fourth-order valence-corrected chi connectivity index (χ4v) is 9.31. The maximum Gasteiger partial charge on any atom is 0.316 e. The number of hydrogen-bond acceptors (Lipinski definition) is 7. The average Bonchev–Trinajstić information content (AvgIpc) is 3.76. The second-order valence-electron chi connectivity index (χ2n) is 16.8. The number of nitrogens with one attached hydrogen (secondary N) is 3. The second-order valence-corrected chi connectivity index (χ2v) is 16.8. The fourth-order valence-electron chi connectivity index (χ4n) is 9.31. The molecule has 0 bridgehead atoms. The molecule has 0 radical (unpaired) electrons. The van der Waals surface area contributed by atoms with E-state index in [0.29, 0.717) is 19.4 Å². The van der Waals surface area contributed by atoms with Crippen molar-refractivity contribution in [1.29, 1.82) is 0 Å². The lowest BCUT2D eigenvalue weighted by Gasteiger charge is -2.42. The van der Waals surface area contributed by atoms with Crippen molar-refractivity contribution in [2.45, 2.75) is 122 Å². The van der Waals surface area contributed by atoms with Crippen LogP contribution in [0.3, 0.4) is 0 Å². The van der Waals surface area contributed by atoms with Gasteiger partial charge < -0.3 is 31.3 Å². The molecule has 2 unspecified atom stereocenters. The van der Waals surface area contributed by atoms with Crippen LogP contribution in [0.2, 0.25) is 0 Å². The molecule has 4 saturated carbocycles. The second kappa shape index (κ2) is 11.0. The number of Topliss-reactive ketones (excluding diaryl/α,β-unsaturated/α-hetero) is 2. The van der Waals surface area contributed by atoms with Gasteiger partial charge in [-0.05, 0) is 60.7 Å². The van der Waals surface area contributed by atoms with Gasteiger partial charge in [0.15, 0.2) is 5.78 Å². The van der Waals surface area contributed by atoms with Gasteiger partial charge in [-0.3, -0.25) is 24.0 Å². The zero-order valence-corrected chi connectivity index (χ0v) is 28.0. The molecule has 2 heterocycles. The number of urea groups is 1. The van der Waals surface area contributed by atoms with Crippen molar-refractivity contribution in [3.63, 3.8) is 0 Å². The minimum absolute atomic E-state index is 0.0315. The standard InChI is InChI=1S/C34H51N5O7/c1-30(2,3)24(37-29(45)38-32(17-46-18-32)25(41)20-10-11-20)28(44)39-16-34(31(4,5)33(34)12-7-13-33)15-22(39)27(43)36-21(23(40)26(35)42)14-19-8-6-9-19/h19-22,24H,6-18H2,1-5H3,(H2,35,42)(H,36,43)(H2,37,38,45)/t21?,22-,24?,34+/m0/s1. The molecule has 12 nitrogen and oxygen atoms in total. The number of amides is 5. The minimum atomic E-state index is -1.09. The van der Waals surface area contributed by atoms with Gasteiger partial charge in [-0.2, -0.15) is 0 Å². The van der Waals surface area contributed by atoms with Crippen LogP contribution < -0.4 is 21.7 Å². The molecule has 254 valence electrons. The van der Waals surface area contributed by atoms with E-state index in [-0.39, 0.29) is 53.0 Å². The lowest BCUT2D eigenvalue weighted by molar-refractivity contribution is -0.145. The first-order valence-corrected chi connectivity index (χ1v) is 17.1. The highest BCUT2D eigenvalue weighted by Gasteiger charge is 2.85. The summed E-state index contributed by atoms with van der Waals surface area (Å²) in [5, 5.41) is 8.54. The Kier molecular flexibility index (Phi) is 7.88. The summed E-state index contributed by atoms with van der Waals surface area (Å²) in [5.41, 5.74) is 3.21. The molecule has 2 aliphatic heterocycles. The number of fused-ring (bicyclic) bond motifs is 1. The van der Waals surface area contributed by atoms with E-state index in [2.05, 4.69) is 29.8 Å². The van der Waals surface area contributed by atoms with Gasteiger partial charge in [-0.1, -0.05) is 60.3 Å². The molecule has 4 aliphatic carbocycles. The van der Waals surface area contributed by atoms with E-state index in [9.17, 15) is 28.8 Å². The number of carbonyl (C=O) groups is 6. The number of hydrogen-bond donors (Lipinski definition) is 4. The number of likely N-dealkylation sites (tertiary alicyclic amines) is 1. The van der Waals surface area contributed by atoms with Crippen molar-refractivity contribution in [2.75, 3.05) is 19.8 Å². The van der Waals surface area contributed by atoms with E-state index in [1.165, 1.54) is 0 Å². The SMILES string of the molecule is CC(C)(C)C(NC(=O)NC1(C(=O)C2CC2)COC1)C(=O)N1C[C@]2(C[C@H]1C(=O)NC(CC1CCC1)C(=O)C(N)=O)C(C)(C)C21CCC1. The number of ether oxygens (including phenoxy) is 1. The van der Waals surface area contributed by atoms with Crippen molar-refractivity contribution < 1.29 is 33.5 Å². The van der Waals surface area contributed by atoms with Crippen molar-refractivity contribution in [1.82, 2.24) is 20.9 Å². The third kappa shape index (κ3) is 5.04. The Morgan fingerprint density at radius 1 is 0.935 bits per heavy atom. The Balaban J connectivity index is 1.25. The van der Waals surface area contributed by atoms with E-state index >= 15 is 0 Å². The third-order valence-corrected chi connectivity index (χ3v) is 12.9. The van der Waals surface area contributed by atoms with Crippen LogP contribution in [0.15, 0.2) is 0 Å². The van der Waals surface area contributed by atoms with Crippen LogP contribution >= 0.6 is 0 Å². The third-order valence-electron chi connectivity index (χ3n) is 12.9. The quantitative estimate of drug-likeness (QED) is 0.249. The van der Waals surface area contributed by atoms with Gasteiger partial charge in [0.2, 0.25) is 17.6 Å². The lowest BCUT2D eigenvalue weighted by atomic mass is 9.73. The monoisotopic (exact) mass is 641 g/mol. The highest BCUT2D eigenvalue weighted by atomic mass is 16.5. The molecule has 6 aliphatic rings. The number of nitrogens with zero attached hydrogens (tertiary/aromatic N) is 1. The summed E-state index contributed by atoms with van der Waals surface area (Å²) >= 11 is 0. The van der Waals surface area contributed by atoms with Crippen LogP contribution in [-0.2, 0) is 28.7 Å². The van der Waals surface area contributed by atoms with Gasteiger partial charge >= 0.3 is 6.03 Å². The molecule has 0 aromatic rings. The van der Waals surface area contributed by atoms with Crippen LogP contribution in [0.5, 0.6) is 0 Å². The molecule has 5 N–H and O–H groups in total. The van der Waals surface area contributed by atoms with E-state index < -0.39 is 52.7 Å². The number of ketones is 2. The van der Waals surface area contributed by atoms with Gasteiger partial charge in [0, 0.05) is 17.9 Å². The fraction of sp³-hybridized carbons (Fsp3) is 0.824. The summed E-state index contributed by atoms with van der Waals surface area (Å²) in [5.74, 6) is -2.65. The molecule has 12 heteroatoms. The normalized spacial score (nSPS) is 29.8. The first-order valence-electron chi connectivity index (χ1n) is 17.1. The Bertz CT molecular complexity index is 1340. The van der Waals surface area contributed by atoms with Gasteiger partial charge in [0.05, 0.1) is 19.3 Å². The maximum atomic E-state index is 14.6. The van der Waals surface area contributed by atoms with Crippen LogP contribution in [0.1, 0.15) is 98.8 Å². The van der Waals surface area contributed by atoms with Crippen LogP contribution in [0.4, 0.5) is 4.79 Å². The lowest BCUT2D eigenvalue weighted by Crippen LogP contribution is -2.70. The highest BCUT2D eigenvalue weighted by molar-refractivity contribution is 6.37. The Morgan fingerprint density at radius 2 is 1.59 bits per heavy atom.